The summed E-state index contributed by atoms with van der Waals surface area (Å²) in [5.74, 6) is -0.00304. The van der Waals surface area contributed by atoms with E-state index in [1.807, 2.05) is 6.92 Å². The van der Waals surface area contributed by atoms with Gasteiger partial charge in [-0.3, -0.25) is 4.79 Å². The molecule has 0 radical (unpaired) electrons. The molecule has 0 aliphatic carbocycles. The molecule has 5 heteroatoms. The van der Waals surface area contributed by atoms with Gasteiger partial charge in [-0.1, -0.05) is 6.92 Å². The van der Waals surface area contributed by atoms with Crippen LogP contribution in [0.2, 0.25) is 0 Å². The summed E-state index contributed by atoms with van der Waals surface area (Å²) in [6.45, 7) is 2.09. The van der Waals surface area contributed by atoms with Crippen LogP contribution in [-0.2, 0) is 4.79 Å². The Morgan fingerprint density at radius 3 is 2.69 bits per heavy atom. The molecule has 0 aromatic rings. The SMILES string of the molecule is CC(CN)CC(=O)NCC(O)CO. The van der Waals surface area contributed by atoms with Crippen molar-refractivity contribution in [2.75, 3.05) is 19.7 Å². The van der Waals surface area contributed by atoms with Crippen LogP contribution in [0, 0.1) is 5.92 Å². The second-order valence-electron chi connectivity index (χ2n) is 3.19. The Morgan fingerprint density at radius 1 is 1.62 bits per heavy atom. The molecule has 0 saturated carbocycles. The predicted molar refractivity (Wildman–Crippen MR) is 48.9 cm³/mol. The summed E-state index contributed by atoms with van der Waals surface area (Å²) in [5.41, 5.74) is 5.33. The maximum absolute atomic E-state index is 11.1. The van der Waals surface area contributed by atoms with Gasteiger partial charge >= 0.3 is 0 Å². The van der Waals surface area contributed by atoms with Gasteiger partial charge in [0.05, 0.1) is 12.7 Å². The molecule has 0 heterocycles. The molecular formula is C8H18N2O3. The summed E-state index contributed by atoms with van der Waals surface area (Å²) < 4.78 is 0. The number of amides is 1. The quantitative estimate of drug-likeness (QED) is 0.407. The molecule has 5 N–H and O–H groups in total. The third kappa shape index (κ3) is 6.51. The summed E-state index contributed by atoms with van der Waals surface area (Å²) in [4.78, 5) is 11.1. The summed E-state index contributed by atoms with van der Waals surface area (Å²) >= 11 is 0. The zero-order valence-corrected chi connectivity index (χ0v) is 7.86. The highest BCUT2D eigenvalue weighted by Gasteiger charge is 2.08. The van der Waals surface area contributed by atoms with Crippen molar-refractivity contribution in [1.29, 1.82) is 0 Å². The van der Waals surface area contributed by atoms with E-state index in [4.69, 9.17) is 15.9 Å². The summed E-state index contributed by atoms with van der Waals surface area (Å²) in [6.07, 6.45) is -0.522. The first-order valence-corrected chi connectivity index (χ1v) is 4.35. The van der Waals surface area contributed by atoms with Crippen molar-refractivity contribution in [3.05, 3.63) is 0 Å². The molecule has 0 aliphatic heterocycles. The average molecular weight is 190 g/mol. The van der Waals surface area contributed by atoms with Gasteiger partial charge in [-0.05, 0) is 12.5 Å². The summed E-state index contributed by atoms with van der Waals surface area (Å²) in [7, 11) is 0. The van der Waals surface area contributed by atoms with E-state index in [9.17, 15) is 4.79 Å². The number of carbonyl (C=O) groups is 1. The molecule has 78 valence electrons. The summed E-state index contributed by atoms with van der Waals surface area (Å²) in [5, 5.41) is 19.9. The van der Waals surface area contributed by atoms with Crippen LogP contribution in [0.15, 0.2) is 0 Å². The van der Waals surface area contributed by atoms with Gasteiger partial charge < -0.3 is 21.3 Å². The highest BCUT2D eigenvalue weighted by atomic mass is 16.3. The molecule has 1 amide bonds. The van der Waals surface area contributed by atoms with Crippen molar-refractivity contribution in [2.45, 2.75) is 19.4 Å². The molecule has 2 unspecified atom stereocenters. The van der Waals surface area contributed by atoms with Crippen molar-refractivity contribution < 1.29 is 15.0 Å². The van der Waals surface area contributed by atoms with E-state index >= 15 is 0 Å². The lowest BCUT2D eigenvalue weighted by Gasteiger charge is -2.11. The smallest absolute Gasteiger partial charge is 0.220 e. The van der Waals surface area contributed by atoms with Gasteiger partial charge in [0.25, 0.3) is 0 Å². The normalized spacial score (nSPS) is 15.1. The second-order valence-corrected chi connectivity index (χ2v) is 3.19. The van der Waals surface area contributed by atoms with Crippen LogP contribution in [0.1, 0.15) is 13.3 Å². The lowest BCUT2D eigenvalue weighted by atomic mass is 10.1. The van der Waals surface area contributed by atoms with Crippen molar-refractivity contribution in [3.63, 3.8) is 0 Å². The van der Waals surface area contributed by atoms with Crippen LogP contribution in [0.5, 0.6) is 0 Å². The Labute approximate surface area is 77.9 Å². The van der Waals surface area contributed by atoms with E-state index in [1.165, 1.54) is 0 Å². The lowest BCUT2D eigenvalue weighted by Crippen LogP contribution is -2.35. The van der Waals surface area contributed by atoms with Crippen LogP contribution in [0.4, 0.5) is 0 Å². The fourth-order valence-corrected chi connectivity index (χ4v) is 0.768. The number of carbonyl (C=O) groups excluding carboxylic acids is 1. The van der Waals surface area contributed by atoms with Crippen molar-refractivity contribution in [1.82, 2.24) is 5.32 Å². The average Bonchev–Trinajstić information content (AvgIpc) is 2.13. The number of hydrogen-bond acceptors (Lipinski definition) is 4. The molecule has 0 fully saturated rings. The van der Waals surface area contributed by atoms with E-state index < -0.39 is 6.10 Å². The highest BCUT2D eigenvalue weighted by Crippen LogP contribution is 1.97. The molecule has 0 rings (SSSR count). The standard InChI is InChI=1S/C8H18N2O3/c1-6(3-9)2-8(13)10-4-7(12)5-11/h6-7,11-12H,2-5,9H2,1H3,(H,10,13). The first-order chi connectivity index (χ1) is 6.10. The van der Waals surface area contributed by atoms with Crippen LogP contribution in [0.25, 0.3) is 0 Å². The number of rotatable bonds is 6. The van der Waals surface area contributed by atoms with Gasteiger partial charge in [0.2, 0.25) is 5.91 Å². The van der Waals surface area contributed by atoms with E-state index in [0.717, 1.165) is 0 Å². The second kappa shape index (κ2) is 6.82. The summed E-state index contributed by atoms with van der Waals surface area (Å²) in [6, 6.07) is 0. The van der Waals surface area contributed by atoms with Gasteiger partial charge in [0, 0.05) is 13.0 Å². The molecule has 0 aromatic heterocycles. The van der Waals surface area contributed by atoms with E-state index in [-0.39, 0.29) is 25.0 Å². The zero-order valence-electron chi connectivity index (χ0n) is 7.86. The number of nitrogens with two attached hydrogens (primary N) is 1. The van der Waals surface area contributed by atoms with Crippen molar-refractivity contribution >= 4 is 5.91 Å². The largest absolute Gasteiger partial charge is 0.394 e. The molecule has 5 nitrogen and oxygen atoms in total. The zero-order chi connectivity index (χ0) is 10.3. The number of nitrogens with one attached hydrogen (secondary N) is 1. The van der Waals surface area contributed by atoms with E-state index in [0.29, 0.717) is 13.0 Å². The minimum Gasteiger partial charge on any atom is -0.394 e. The Morgan fingerprint density at radius 2 is 2.23 bits per heavy atom. The minimum atomic E-state index is -0.878. The Kier molecular flexibility index (Phi) is 6.48. The number of hydrogen-bond donors (Lipinski definition) is 4. The molecule has 0 aliphatic rings. The lowest BCUT2D eigenvalue weighted by molar-refractivity contribution is -0.122. The number of aliphatic hydroxyl groups is 2. The molecule has 0 saturated heterocycles. The maximum Gasteiger partial charge on any atom is 0.220 e. The van der Waals surface area contributed by atoms with E-state index in [1.54, 1.807) is 0 Å². The Hall–Kier alpha value is -0.650. The molecule has 0 spiro atoms. The number of aliphatic hydroxyl groups excluding tert-OH is 2. The topological polar surface area (TPSA) is 95.6 Å². The molecule has 0 bridgehead atoms. The van der Waals surface area contributed by atoms with Crippen molar-refractivity contribution in [3.8, 4) is 0 Å². The van der Waals surface area contributed by atoms with Gasteiger partial charge in [0.15, 0.2) is 0 Å². The third-order valence-corrected chi connectivity index (χ3v) is 1.68. The molecular weight excluding hydrogens is 172 g/mol. The van der Waals surface area contributed by atoms with Gasteiger partial charge in [-0.25, -0.2) is 0 Å². The first-order valence-electron chi connectivity index (χ1n) is 4.35. The van der Waals surface area contributed by atoms with Crippen LogP contribution in [0.3, 0.4) is 0 Å². The predicted octanol–water partition coefficient (Wildman–Crippen LogP) is -1.56. The third-order valence-electron chi connectivity index (χ3n) is 1.68. The monoisotopic (exact) mass is 190 g/mol. The Bertz CT molecular complexity index is 152. The fourth-order valence-electron chi connectivity index (χ4n) is 0.768. The van der Waals surface area contributed by atoms with Gasteiger partial charge in [-0.2, -0.15) is 0 Å². The fraction of sp³-hybridized carbons (Fsp3) is 0.875. The minimum absolute atomic E-state index is 0.0899. The van der Waals surface area contributed by atoms with Crippen LogP contribution < -0.4 is 11.1 Å². The van der Waals surface area contributed by atoms with Gasteiger partial charge in [0.1, 0.15) is 0 Å². The molecule has 13 heavy (non-hydrogen) atoms. The first kappa shape index (κ1) is 12.3. The maximum atomic E-state index is 11.1. The van der Waals surface area contributed by atoms with Crippen molar-refractivity contribution in [2.24, 2.45) is 11.7 Å². The van der Waals surface area contributed by atoms with Crippen LogP contribution in [-0.4, -0.2) is 41.9 Å². The molecule has 2 atom stereocenters. The van der Waals surface area contributed by atoms with Gasteiger partial charge in [-0.15, -0.1) is 0 Å². The Balaban J connectivity index is 3.51. The molecule has 0 aromatic carbocycles. The van der Waals surface area contributed by atoms with E-state index in [2.05, 4.69) is 5.32 Å². The highest BCUT2D eigenvalue weighted by molar-refractivity contribution is 5.76. The van der Waals surface area contributed by atoms with Crippen LogP contribution >= 0.6 is 0 Å².